The van der Waals surface area contributed by atoms with Crippen LogP contribution < -0.4 is 10.2 Å². The number of carbonyl (C=O) groups excluding carboxylic acids is 1. The van der Waals surface area contributed by atoms with Gasteiger partial charge >= 0.3 is 0 Å². The number of carbonyl (C=O) groups is 1. The molecule has 6 nitrogen and oxygen atoms in total. The molecule has 0 aliphatic carbocycles. The van der Waals surface area contributed by atoms with E-state index >= 15 is 0 Å². The molecule has 0 radical (unpaired) electrons. The maximum absolute atomic E-state index is 12.2. The van der Waals surface area contributed by atoms with Gasteiger partial charge in [-0.2, -0.15) is 0 Å². The van der Waals surface area contributed by atoms with Crippen molar-refractivity contribution in [1.82, 2.24) is 10.2 Å². The van der Waals surface area contributed by atoms with Gasteiger partial charge in [-0.05, 0) is 37.2 Å². The van der Waals surface area contributed by atoms with Crippen LogP contribution in [0.15, 0.2) is 65.6 Å². The van der Waals surface area contributed by atoms with E-state index in [0.717, 1.165) is 39.1 Å². The smallest absolute Gasteiger partial charge is 0.221 e. The molecule has 3 rings (SSSR count). The number of para-hydroxylation sites is 1. The fraction of sp³-hybridized carbons (Fsp3) is 0.409. The third-order valence-corrected chi connectivity index (χ3v) is 6.90. The van der Waals surface area contributed by atoms with Crippen molar-refractivity contribution in [2.45, 2.75) is 17.7 Å². The van der Waals surface area contributed by atoms with Crippen LogP contribution in [0.2, 0.25) is 0 Å². The molecule has 0 saturated carbocycles. The average molecular weight is 416 g/mol. The highest BCUT2D eigenvalue weighted by Gasteiger charge is 2.17. The van der Waals surface area contributed by atoms with Crippen LogP contribution in [0.25, 0.3) is 0 Å². The molecule has 0 atom stereocenters. The number of nitrogens with one attached hydrogen (secondary N) is 1. The van der Waals surface area contributed by atoms with E-state index in [0.29, 0.717) is 6.54 Å². The number of sulfone groups is 1. The van der Waals surface area contributed by atoms with Gasteiger partial charge < -0.3 is 10.2 Å². The molecule has 0 aromatic heterocycles. The lowest BCUT2D eigenvalue weighted by Crippen LogP contribution is -2.47. The summed E-state index contributed by atoms with van der Waals surface area (Å²) in [6.07, 6.45) is 0.857. The van der Waals surface area contributed by atoms with Gasteiger partial charge in [-0.25, -0.2) is 8.42 Å². The van der Waals surface area contributed by atoms with Crippen molar-refractivity contribution in [2.24, 2.45) is 0 Å². The first-order chi connectivity index (χ1) is 14.0. The monoisotopic (exact) mass is 415 g/mol. The van der Waals surface area contributed by atoms with Crippen molar-refractivity contribution < 1.29 is 13.2 Å². The maximum atomic E-state index is 12.2. The third kappa shape index (κ3) is 6.58. The molecule has 1 aliphatic heterocycles. The lowest BCUT2D eigenvalue weighted by Gasteiger charge is -2.36. The maximum Gasteiger partial charge on any atom is 0.221 e. The van der Waals surface area contributed by atoms with Gasteiger partial charge in [0.05, 0.1) is 10.6 Å². The first-order valence-electron chi connectivity index (χ1n) is 10.1. The van der Waals surface area contributed by atoms with Crippen molar-refractivity contribution in [3.8, 4) is 0 Å². The molecule has 1 N–H and O–H groups in total. The molecule has 1 aliphatic rings. The van der Waals surface area contributed by atoms with Crippen molar-refractivity contribution in [2.75, 3.05) is 49.9 Å². The van der Waals surface area contributed by atoms with Gasteiger partial charge in [-0.3, -0.25) is 9.69 Å². The Hall–Kier alpha value is -2.38. The Morgan fingerprint density at radius 1 is 0.897 bits per heavy atom. The van der Waals surface area contributed by atoms with E-state index < -0.39 is 9.84 Å². The SMILES string of the molecule is O=C(CCS(=O)(=O)c1ccccc1)NCCCN1CCN(c2ccccc2)CC1. The zero-order valence-electron chi connectivity index (χ0n) is 16.7. The van der Waals surface area contributed by atoms with Gasteiger partial charge in [0.2, 0.25) is 5.91 Å². The molecule has 1 heterocycles. The minimum absolute atomic E-state index is 0.00697. The highest BCUT2D eigenvalue weighted by molar-refractivity contribution is 7.91. The van der Waals surface area contributed by atoms with Crippen LogP contribution in [0.3, 0.4) is 0 Å². The Morgan fingerprint density at radius 3 is 2.17 bits per heavy atom. The Labute approximate surface area is 173 Å². The minimum Gasteiger partial charge on any atom is -0.369 e. The van der Waals surface area contributed by atoms with E-state index in [2.05, 4.69) is 39.4 Å². The lowest BCUT2D eigenvalue weighted by atomic mass is 10.2. The number of hydrogen-bond acceptors (Lipinski definition) is 5. The Balaban J connectivity index is 1.29. The van der Waals surface area contributed by atoms with Crippen molar-refractivity contribution in [3.63, 3.8) is 0 Å². The zero-order valence-corrected chi connectivity index (χ0v) is 17.5. The van der Waals surface area contributed by atoms with E-state index in [4.69, 9.17) is 0 Å². The van der Waals surface area contributed by atoms with E-state index in [-0.39, 0.29) is 23.0 Å². The summed E-state index contributed by atoms with van der Waals surface area (Å²) in [5.41, 5.74) is 1.27. The molecule has 1 saturated heterocycles. The van der Waals surface area contributed by atoms with Crippen LogP contribution in [0.1, 0.15) is 12.8 Å². The van der Waals surface area contributed by atoms with Crippen LogP contribution in [0.5, 0.6) is 0 Å². The Morgan fingerprint density at radius 2 is 1.52 bits per heavy atom. The Kier molecular flexibility index (Phi) is 7.66. The van der Waals surface area contributed by atoms with E-state index in [9.17, 15) is 13.2 Å². The number of nitrogens with zero attached hydrogens (tertiary/aromatic N) is 2. The van der Waals surface area contributed by atoms with Gasteiger partial charge in [0.1, 0.15) is 0 Å². The highest BCUT2D eigenvalue weighted by Crippen LogP contribution is 2.15. The highest BCUT2D eigenvalue weighted by atomic mass is 32.2. The van der Waals surface area contributed by atoms with Gasteiger partial charge in [-0.15, -0.1) is 0 Å². The summed E-state index contributed by atoms with van der Waals surface area (Å²) in [6, 6.07) is 18.7. The number of benzene rings is 2. The first kappa shape index (κ1) is 21.3. The summed E-state index contributed by atoms with van der Waals surface area (Å²) in [5.74, 6) is -0.372. The number of piperazine rings is 1. The number of amides is 1. The molecular weight excluding hydrogens is 386 g/mol. The van der Waals surface area contributed by atoms with Crippen LogP contribution >= 0.6 is 0 Å². The second-order valence-electron chi connectivity index (χ2n) is 7.25. The topological polar surface area (TPSA) is 69.7 Å². The Bertz CT molecular complexity index is 865. The van der Waals surface area contributed by atoms with Crippen molar-refractivity contribution >= 4 is 21.4 Å². The summed E-state index contributed by atoms with van der Waals surface area (Å²) in [4.78, 5) is 17.0. The fourth-order valence-corrected chi connectivity index (χ4v) is 4.72. The van der Waals surface area contributed by atoms with Crippen LogP contribution in [0.4, 0.5) is 5.69 Å². The second kappa shape index (κ2) is 10.4. The predicted molar refractivity (Wildman–Crippen MR) is 116 cm³/mol. The third-order valence-electron chi connectivity index (χ3n) is 5.17. The molecule has 7 heteroatoms. The molecule has 1 amide bonds. The van der Waals surface area contributed by atoms with Crippen molar-refractivity contribution in [1.29, 1.82) is 0 Å². The predicted octanol–water partition coefficient (Wildman–Crippen LogP) is 2.18. The van der Waals surface area contributed by atoms with E-state index in [1.165, 1.54) is 5.69 Å². The van der Waals surface area contributed by atoms with Gasteiger partial charge in [-0.1, -0.05) is 36.4 Å². The molecule has 156 valence electrons. The van der Waals surface area contributed by atoms with Crippen LogP contribution in [0, 0.1) is 0 Å². The second-order valence-corrected chi connectivity index (χ2v) is 9.36. The number of hydrogen-bond donors (Lipinski definition) is 1. The van der Waals surface area contributed by atoms with Gasteiger partial charge in [0.15, 0.2) is 9.84 Å². The molecule has 0 bridgehead atoms. The van der Waals surface area contributed by atoms with E-state index in [1.54, 1.807) is 30.3 Å². The molecule has 2 aromatic rings. The zero-order chi connectivity index (χ0) is 20.5. The lowest BCUT2D eigenvalue weighted by molar-refractivity contribution is -0.120. The standard InChI is InChI=1S/C22H29N3O3S/c26-22(12-19-29(27,28)21-10-5-2-6-11-21)23-13-7-14-24-15-17-25(18-16-24)20-8-3-1-4-9-20/h1-6,8-11H,7,12-19H2,(H,23,26). The summed E-state index contributed by atoms with van der Waals surface area (Å²) >= 11 is 0. The fourth-order valence-electron chi connectivity index (χ4n) is 3.46. The van der Waals surface area contributed by atoms with Gasteiger partial charge in [0.25, 0.3) is 0 Å². The quantitative estimate of drug-likeness (QED) is 0.636. The summed E-state index contributed by atoms with van der Waals surface area (Å²) in [7, 11) is -3.40. The summed E-state index contributed by atoms with van der Waals surface area (Å²) in [6.45, 7) is 5.55. The summed E-state index contributed by atoms with van der Waals surface area (Å²) < 4.78 is 24.4. The number of anilines is 1. The normalized spacial score (nSPS) is 15.2. The molecule has 29 heavy (non-hydrogen) atoms. The molecule has 1 fully saturated rings. The van der Waals surface area contributed by atoms with Crippen LogP contribution in [-0.2, 0) is 14.6 Å². The molecule has 0 spiro atoms. The summed E-state index contributed by atoms with van der Waals surface area (Å²) in [5, 5.41) is 2.84. The number of rotatable bonds is 9. The first-order valence-corrected chi connectivity index (χ1v) is 11.8. The van der Waals surface area contributed by atoms with Gasteiger partial charge in [0, 0.05) is 44.8 Å². The average Bonchev–Trinajstić information content (AvgIpc) is 2.77. The van der Waals surface area contributed by atoms with E-state index in [1.807, 2.05) is 6.07 Å². The minimum atomic E-state index is -3.40. The van der Waals surface area contributed by atoms with Crippen molar-refractivity contribution in [3.05, 3.63) is 60.7 Å². The molecular formula is C22H29N3O3S. The molecule has 2 aromatic carbocycles. The van der Waals surface area contributed by atoms with Crippen LogP contribution in [-0.4, -0.2) is 64.2 Å². The molecule has 0 unspecified atom stereocenters. The largest absolute Gasteiger partial charge is 0.369 e.